The minimum Gasteiger partial charge on any atom is -0.406 e. The van der Waals surface area contributed by atoms with Gasteiger partial charge in [-0.3, -0.25) is 0 Å². The van der Waals surface area contributed by atoms with Crippen molar-refractivity contribution in [2.45, 2.75) is 0 Å². The Kier molecular flexibility index (Phi) is 2.16. The fraction of sp³-hybridized carbons (Fsp3) is 0. The highest BCUT2D eigenvalue weighted by molar-refractivity contribution is 6.30. The number of halogens is 2. The first kappa shape index (κ1) is 8.47. The van der Waals surface area contributed by atoms with Gasteiger partial charge in [0.2, 0.25) is 0 Å². The molecule has 6 heteroatoms. The Morgan fingerprint density at radius 2 is 2.00 bits per heavy atom. The van der Waals surface area contributed by atoms with E-state index in [2.05, 4.69) is 15.2 Å². The molecule has 0 N–H and O–H groups in total. The van der Waals surface area contributed by atoms with E-state index in [4.69, 9.17) is 27.6 Å². The fourth-order valence-electron chi connectivity index (χ4n) is 0.811. The number of nitrogens with zero attached hydrogens (tertiary/aromatic N) is 3. The molecule has 2 aromatic rings. The lowest BCUT2D eigenvalue weighted by atomic mass is 10.3. The summed E-state index contributed by atoms with van der Waals surface area (Å²) in [6, 6.07) is 3.36. The van der Waals surface area contributed by atoms with E-state index in [9.17, 15) is 0 Å². The molecule has 66 valence electrons. The normalized spacial score (nSPS) is 10.3. The van der Waals surface area contributed by atoms with Gasteiger partial charge in [-0.05, 0) is 23.7 Å². The summed E-state index contributed by atoms with van der Waals surface area (Å²) < 4.78 is 4.95. The first-order valence-corrected chi connectivity index (χ1v) is 4.12. The number of pyridine rings is 1. The van der Waals surface area contributed by atoms with Crippen molar-refractivity contribution in [2.75, 3.05) is 0 Å². The predicted molar refractivity (Wildman–Crippen MR) is 47.5 cm³/mol. The van der Waals surface area contributed by atoms with Gasteiger partial charge in [0.1, 0.15) is 5.69 Å². The van der Waals surface area contributed by atoms with Crippen LogP contribution in [0.25, 0.3) is 11.6 Å². The lowest BCUT2D eigenvalue weighted by Gasteiger charge is -1.91. The molecule has 0 saturated heterocycles. The van der Waals surface area contributed by atoms with Crippen LogP contribution in [0.5, 0.6) is 0 Å². The lowest BCUT2D eigenvalue weighted by molar-refractivity contribution is 0.568. The Bertz CT molecular complexity index is 412. The Balaban J connectivity index is 2.41. The highest BCUT2D eigenvalue weighted by Gasteiger charge is 2.07. The van der Waals surface area contributed by atoms with Crippen molar-refractivity contribution in [3.63, 3.8) is 0 Å². The van der Waals surface area contributed by atoms with Crippen molar-refractivity contribution < 1.29 is 4.42 Å². The van der Waals surface area contributed by atoms with Crippen LogP contribution < -0.4 is 0 Å². The maximum atomic E-state index is 5.65. The molecule has 0 amide bonds. The van der Waals surface area contributed by atoms with Crippen LogP contribution in [0.15, 0.2) is 22.7 Å². The SMILES string of the molecule is Clc1ccc(-c2nnc(Cl)o2)nc1. The number of hydrogen-bond acceptors (Lipinski definition) is 4. The van der Waals surface area contributed by atoms with Crippen LogP contribution in [-0.2, 0) is 0 Å². The van der Waals surface area contributed by atoms with E-state index >= 15 is 0 Å². The molecule has 0 spiro atoms. The van der Waals surface area contributed by atoms with Gasteiger partial charge in [0.05, 0.1) is 5.02 Å². The molecule has 2 heterocycles. The number of hydrogen-bond donors (Lipinski definition) is 0. The quantitative estimate of drug-likeness (QED) is 0.734. The van der Waals surface area contributed by atoms with Crippen LogP contribution in [0, 0.1) is 0 Å². The average Bonchev–Trinajstić information content (AvgIpc) is 2.53. The minimum absolute atomic E-state index is 0.00764. The monoisotopic (exact) mass is 215 g/mol. The molecule has 0 aromatic carbocycles. The molecular formula is C7H3Cl2N3O. The predicted octanol–water partition coefficient (Wildman–Crippen LogP) is 2.44. The standard InChI is InChI=1S/C7H3Cl2N3O/c8-4-1-2-5(10-3-4)6-11-12-7(9)13-6/h1-3H. The molecule has 0 atom stereocenters. The molecule has 2 aromatic heterocycles. The molecular weight excluding hydrogens is 213 g/mol. The maximum Gasteiger partial charge on any atom is 0.313 e. The van der Waals surface area contributed by atoms with Crippen molar-refractivity contribution in [3.8, 4) is 11.6 Å². The van der Waals surface area contributed by atoms with Crippen LogP contribution in [0.2, 0.25) is 10.4 Å². The van der Waals surface area contributed by atoms with E-state index < -0.39 is 0 Å². The summed E-state index contributed by atoms with van der Waals surface area (Å²) in [5.41, 5.74) is 0.545. The summed E-state index contributed by atoms with van der Waals surface area (Å²) in [5.74, 6) is 0.279. The van der Waals surface area contributed by atoms with Gasteiger partial charge in [-0.1, -0.05) is 16.7 Å². The zero-order chi connectivity index (χ0) is 9.26. The highest BCUT2D eigenvalue weighted by atomic mass is 35.5. The molecule has 0 fully saturated rings. The van der Waals surface area contributed by atoms with Crippen molar-refractivity contribution in [1.82, 2.24) is 15.2 Å². The second-order valence-electron chi connectivity index (χ2n) is 2.22. The van der Waals surface area contributed by atoms with Crippen molar-refractivity contribution in [3.05, 3.63) is 28.7 Å². The van der Waals surface area contributed by atoms with Crippen molar-refractivity contribution >= 4 is 23.2 Å². The zero-order valence-electron chi connectivity index (χ0n) is 6.24. The van der Waals surface area contributed by atoms with Crippen LogP contribution in [-0.4, -0.2) is 15.2 Å². The smallest absolute Gasteiger partial charge is 0.313 e. The Labute approximate surface area is 83.5 Å². The summed E-state index contributed by atoms with van der Waals surface area (Å²) >= 11 is 11.1. The minimum atomic E-state index is -0.00764. The van der Waals surface area contributed by atoms with E-state index in [1.54, 1.807) is 12.1 Å². The summed E-state index contributed by atoms with van der Waals surface area (Å²) in [4.78, 5) is 3.98. The van der Waals surface area contributed by atoms with Crippen molar-refractivity contribution in [2.24, 2.45) is 0 Å². The van der Waals surface area contributed by atoms with Gasteiger partial charge in [0, 0.05) is 6.20 Å². The third kappa shape index (κ3) is 1.79. The van der Waals surface area contributed by atoms with Gasteiger partial charge in [-0.2, -0.15) is 0 Å². The summed E-state index contributed by atoms with van der Waals surface area (Å²) in [7, 11) is 0. The Hall–Kier alpha value is -1.13. The van der Waals surface area contributed by atoms with Crippen LogP contribution >= 0.6 is 23.2 Å². The summed E-state index contributed by atoms with van der Waals surface area (Å²) in [5, 5.41) is 7.70. The molecule has 0 aliphatic heterocycles. The average molecular weight is 216 g/mol. The van der Waals surface area contributed by atoms with E-state index in [1.165, 1.54) is 6.20 Å². The molecule has 0 unspecified atom stereocenters. The molecule has 0 aliphatic carbocycles. The van der Waals surface area contributed by atoms with Crippen molar-refractivity contribution in [1.29, 1.82) is 0 Å². The molecule has 0 radical (unpaired) electrons. The molecule has 0 aliphatic rings. The molecule has 0 saturated carbocycles. The Morgan fingerprint density at radius 1 is 1.15 bits per heavy atom. The third-order valence-electron chi connectivity index (χ3n) is 1.35. The van der Waals surface area contributed by atoms with Gasteiger partial charge in [0.25, 0.3) is 5.89 Å². The fourth-order valence-corrected chi connectivity index (χ4v) is 1.03. The molecule has 13 heavy (non-hydrogen) atoms. The summed E-state index contributed by atoms with van der Waals surface area (Å²) in [6.07, 6.45) is 1.50. The van der Waals surface area contributed by atoms with Crippen LogP contribution in [0.3, 0.4) is 0 Å². The lowest BCUT2D eigenvalue weighted by Crippen LogP contribution is -1.81. The zero-order valence-corrected chi connectivity index (χ0v) is 7.75. The second kappa shape index (κ2) is 3.32. The van der Waals surface area contributed by atoms with E-state index in [1.807, 2.05) is 0 Å². The van der Waals surface area contributed by atoms with E-state index in [0.717, 1.165) is 0 Å². The highest BCUT2D eigenvalue weighted by Crippen LogP contribution is 2.18. The molecule has 2 rings (SSSR count). The first-order valence-electron chi connectivity index (χ1n) is 3.36. The number of rotatable bonds is 1. The van der Waals surface area contributed by atoms with E-state index in [-0.39, 0.29) is 11.2 Å². The summed E-state index contributed by atoms with van der Waals surface area (Å²) in [6.45, 7) is 0. The largest absolute Gasteiger partial charge is 0.406 e. The van der Waals surface area contributed by atoms with Crippen LogP contribution in [0.4, 0.5) is 0 Å². The molecule has 0 bridgehead atoms. The topological polar surface area (TPSA) is 51.8 Å². The molecule has 4 nitrogen and oxygen atoms in total. The van der Waals surface area contributed by atoms with Crippen LogP contribution in [0.1, 0.15) is 0 Å². The number of aromatic nitrogens is 3. The van der Waals surface area contributed by atoms with Gasteiger partial charge in [-0.25, -0.2) is 4.98 Å². The first-order chi connectivity index (χ1) is 6.25. The van der Waals surface area contributed by atoms with E-state index in [0.29, 0.717) is 10.7 Å². The second-order valence-corrected chi connectivity index (χ2v) is 2.98. The third-order valence-corrected chi connectivity index (χ3v) is 1.72. The van der Waals surface area contributed by atoms with Gasteiger partial charge < -0.3 is 4.42 Å². The maximum absolute atomic E-state index is 5.65. The Morgan fingerprint density at radius 3 is 2.54 bits per heavy atom. The van der Waals surface area contributed by atoms with Gasteiger partial charge in [-0.15, -0.1) is 5.10 Å². The van der Waals surface area contributed by atoms with Gasteiger partial charge >= 0.3 is 5.35 Å². The van der Waals surface area contributed by atoms with Gasteiger partial charge in [0.15, 0.2) is 0 Å².